The molecule has 6 nitrogen and oxygen atoms in total. The SMILES string of the molecule is COC(=O)C(/[N+]([O-])=C\c1ccccc1)C1(C2CC2)OC(C)(C)C(C)(C)O1. The zero-order valence-corrected chi connectivity index (χ0v) is 16.0. The smallest absolute Gasteiger partial charge is 0.382 e. The Bertz CT molecular complexity index is 690. The number of hydrogen-bond donors (Lipinski definition) is 0. The molecule has 6 heteroatoms. The van der Waals surface area contributed by atoms with Gasteiger partial charge < -0.3 is 19.4 Å². The minimum Gasteiger partial charge on any atom is -0.623 e. The minimum absolute atomic E-state index is 0.0201. The number of hydrogen-bond acceptors (Lipinski definition) is 5. The van der Waals surface area contributed by atoms with Gasteiger partial charge >= 0.3 is 12.0 Å². The van der Waals surface area contributed by atoms with Crippen molar-refractivity contribution < 1.29 is 23.7 Å². The van der Waals surface area contributed by atoms with Gasteiger partial charge in [0.1, 0.15) is 0 Å². The number of carbonyl (C=O) groups excluding carboxylic acids is 1. The lowest BCUT2D eigenvalue weighted by Crippen LogP contribution is -2.56. The van der Waals surface area contributed by atoms with Gasteiger partial charge in [0.2, 0.25) is 5.79 Å². The molecule has 0 N–H and O–H groups in total. The molecule has 2 fully saturated rings. The quantitative estimate of drug-likeness (QED) is 0.265. The highest BCUT2D eigenvalue weighted by molar-refractivity contribution is 5.80. The molecule has 1 saturated carbocycles. The molecule has 0 aromatic heterocycles. The maximum absolute atomic E-state index is 13.1. The van der Waals surface area contributed by atoms with Crippen molar-refractivity contribution in [2.75, 3.05) is 7.11 Å². The molecule has 1 saturated heterocycles. The summed E-state index contributed by atoms with van der Waals surface area (Å²) in [5.74, 6) is -2.01. The fraction of sp³-hybridized carbons (Fsp3) is 0.600. The van der Waals surface area contributed by atoms with Crippen molar-refractivity contribution in [3.8, 4) is 0 Å². The van der Waals surface area contributed by atoms with Gasteiger partial charge in [-0.2, -0.15) is 4.74 Å². The van der Waals surface area contributed by atoms with Crippen molar-refractivity contribution in [1.82, 2.24) is 0 Å². The highest BCUT2D eigenvalue weighted by Gasteiger charge is 2.70. The van der Waals surface area contributed by atoms with Crippen LogP contribution in [-0.2, 0) is 19.0 Å². The van der Waals surface area contributed by atoms with E-state index in [1.54, 1.807) is 12.1 Å². The van der Waals surface area contributed by atoms with Crippen molar-refractivity contribution in [3.63, 3.8) is 0 Å². The normalized spacial score (nSPS) is 24.9. The van der Waals surface area contributed by atoms with E-state index in [1.807, 2.05) is 45.9 Å². The lowest BCUT2D eigenvalue weighted by Gasteiger charge is -2.33. The molecular weight excluding hydrogens is 334 g/mol. The summed E-state index contributed by atoms with van der Waals surface area (Å²) in [5, 5.41) is 13.1. The maximum atomic E-state index is 13.1. The second-order valence-corrected chi connectivity index (χ2v) is 8.05. The summed E-state index contributed by atoms with van der Waals surface area (Å²) < 4.78 is 18.3. The largest absolute Gasteiger partial charge is 0.623 e. The van der Waals surface area contributed by atoms with E-state index in [2.05, 4.69) is 0 Å². The minimum atomic E-state index is -1.33. The second-order valence-electron chi connectivity index (χ2n) is 8.05. The van der Waals surface area contributed by atoms with Crippen LogP contribution in [0, 0.1) is 11.1 Å². The first-order valence-corrected chi connectivity index (χ1v) is 8.96. The second kappa shape index (κ2) is 6.35. The van der Waals surface area contributed by atoms with Crippen LogP contribution in [0.25, 0.3) is 0 Å². The third-order valence-electron chi connectivity index (χ3n) is 5.56. The molecular formula is C20H27NO5. The molecule has 0 bridgehead atoms. The Kier molecular flexibility index (Phi) is 4.61. The third-order valence-corrected chi connectivity index (χ3v) is 5.56. The van der Waals surface area contributed by atoms with Gasteiger partial charge in [0.05, 0.1) is 18.3 Å². The molecule has 142 valence electrons. The molecule has 2 aliphatic rings. The summed E-state index contributed by atoms with van der Waals surface area (Å²) in [6, 6.07) is 7.89. The average Bonchev–Trinajstić information content (AvgIpc) is 3.37. The standard InChI is InChI=1S/C20H27NO5/c1-18(2)19(3,4)26-20(25-18,15-11-12-15)16(17(22)24-5)21(23)13-14-9-7-6-8-10-14/h6-10,13,15-16H,11-12H2,1-5H3/b21-13+. The predicted octanol–water partition coefficient (Wildman–Crippen LogP) is 2.87. The molecule has 0 radical (unpaired) electrons. The number of esters is 1. The maximum Gasteiger partial charge on any atom is 0.382 e. The zero-order valence-electron chi connectivity index (χ0n) is 16.0. The van der Waals surface area contributed by atoms with Crippen molar-refractivity contribution in [2.24, 2.45) is 5.92 Å². The van der Waals surface area contributed by atoms with Crippen molar-refractivity contribution >= 4 is 12.2 Å². The van der Waals surface area contributed by atoms with E-state index in [1.165, 1.54) is 13.3 Å². The van der Waals surface area contributed by atoms with Gasteiger partial charge in [0.25, 0.3) is 0 Å². The van der Waals surface area contributed by atoms with E-state index in [4.69, 9.17) is 14.2 Å². The lowest BCUT2D eigenvalue weighted by molar-refractivity contribution is -0.531. The summed E-state index contributed by atoms with van der Waals surface area (Å²) in [5.41, 5.74) is -0.621. The van der Waals surface area contributed by atoms with E-state index in [-0.39, 0.29) is 5.92 Å². The van der Waals surface area contributed by atoms with E-state index in [0.717, 1.165) is 12.8 Å². The van der Waals surface area contributed by atoms with E-state index in [9.17, 15) is 10.0 Å². The molecule has 1 aliphatic carbocycles. The number of hydroxylamine groups is 1. The topological polar surface area (TPSA) is 70.8 Å². The Balaban J connectivity index is 2.06. The third kappa shape index (κ3) is 3.12. The van der Waals surface area contributed by atoms with Crippen LogP contribution in [0.2, 0.25) is 0 Å². The van der Waals surface area contributed by atoms with Crippen LogP contribution in [0.15, 0.2) is 30.3 Å². The summed E-state index contributed by atoms with van der Waals surface area (Å²) in [6.07, 6.45) is 3.08. The van der Waals surface area contributed by atoms with Gasteiger partial charge in [-0.3, -0.25) is 0 Å². The highest BCUT2D eigenvalue weighted by atomic mass is 16.8. The summed E-state index contributed by atoms with van der Waals surface area (Å²) in [7, 11) is 1.28. The van der Waals surface area contributed by atoms with Gasteiger partial charge in [-0.1, -0.05) is 18.2 Å². The number of rotatable bonds is 5. The Morgan fingerprint density at radius 1 is 1.19 bits per heavy atom. The zero-order chi connectivity index (χ0) is 19.2. The molecule has 26 heavy (non-hydrogen) atoms. The van der Waals surface area contributed by atoms with Crippen LogP contribution in [0.1, 0.15) is 46.1 Å². The fourth-order valence-corrected chi connectivity index (χ4v) is 3.37. The molecule has 0 amide bonds. The number of carbonyl (C=O) groups is 1. The van der Waals surface area contributed by atoms with Crippen LogP contribution < -0.4 is 0 Å². The molecule has 1 unspecified atom stereocenters. The average molecular weight is 361 g/mol. The Morgan fingerprint density at radius 2 is 1.73 bits per heavy atom. The first-order chi connectivity index (χ1) is 12.1. The lowest BCUT2D eigenvalue weighted by atomic mass is 9.90. The molecule has 1 aliphatic heterocycles. The number of nitrogens with zero attached hydrogens (tertiary/aromatic N) is 1. The number of methoxy groups -OCH3 is 1. The highest BCUT2D eigenvalue weighted by Crippen LogP contribution is 2.56. The van der Waals surface area contributed by atoms with Crippen molar-refractivity contribution in [3.05, 3.63) is 41.1 Å². The Hall–Kier alpha value is -1.92. The van der Waals surface area contributed by atoms with E-state index < -0.39 is 29.0 Å². The molecule has 3 rings (SSSR count). The van der Waals surface area contributed by atoms with Gasteiger partial charge in [-0.05, 0) is 52.7 Å². The fourth-order valence-electron chi connectivity index (χ4n) is 3.37. The molecule has 1 heterocycles. The van der Waals surface area contributed by atoms with Crippen LogP contribution in [-0.4, -0.2) is 47.1 Å². The first-order valence-electron chi connectivity index (χ1n) is 8.96. The summed E-state index contributed by atoms with van der Waals surface area (Å²) in [4.78, 5) is 12.6. The number of ether oxygens (including phenoxy) is 3. The van der Waals surface area contributed by atoms with Crippen molar-refractivity contribution in [2.45, 2.75) is 63.6 Å². The summed E-state index contributed by atoms with van der Waals surface area (Å²) >= 11 is 0. The van der Waals surface area contributed by atoms with Crippen LogP contribution >= 0.6 is 0 Å². The van der Waals surface area contributed by atoms with E-state index in [0.29, 0.717) is 10.3 Å². The van der Waals surface area contributed by atoms with Crippen LogP contribution in [0.3, 0.4) is 0 Å². The predicted molar refractivity (Wildman–Crippen MR) is 96.8 cm³/mol. The first kappa shape index (κ1) is 18.9. The van der Waals surface area contributed by atoms with Crippen LogP contribution in [0.5, 0.6) is 0 Å². The summed E-state index contributed by atoms with van der Waals surface area (Å²) in [6.45, 7) is 7.67. The van der Waals surface area contributed by atoms with Gasteiger partial charge in [0.15, 0.2) is 6.21 Å². The molecule has 0 spiro atoms. The van der Waals surface area contributed by atoms with Crippen LogP contribution in [0.4, 0.5) is 0 Å². The molecule has 1 aromatic carbocycles. The van der Waals surface area contributed by atoms with Crippen molar-refractivity contribution in [1.29, 1.82) is 0 Å². The monoisotopic (exact) mass is 361 g/mol. The van der Waals surface area contributed by atoms with E-state index >= 15 is 0 Å². The van der Waals surface area contributed by atoms with Gasteiger partial charge in [0, 0.05) is 11.5 Å². The molecule has 1 aromatic rings. The van der Waals surface area contributed by atoms with Gasteiger partial charge in [-0.15, -0.1) is 0 Å². The Labute approximate surface area is 154 Å². The Morgan fingerprint density at radius 3 is 2.19 bits per heavy atom. The van der Waals surface area contributed by atoms with Gasteiger partial charge in [-0.25, -0.2) is 4.79 Å². The molecule has 1 atom stereocenters. The number of benzene rings is 1.